The van der Waals surface area contributed by atoms with Gasteiger partial charge in [0, 0.05) is 6.42 Å². The smallest absolute Gasteiger partial charge is 0.240 e. The Bertz CT molecular complexity index is 666. The highest BCUT2D eigenvalue weighted by Crippen LogP contribution is 2.31. The van der Waals surface area contributed by atoms with E-state index in [0.29, 0.717) is 0 Å². The largest absolute Gasteiger partial charge is 0.333 e. The summed E-state index contributed by atoms with van der Waals surface area (Å²) < 4.78 is 0. The highest BCUT2D eigenvalue weighted by atomic mass is 15.3. The van der Waals surface area contributed by atoms with Crippen molar-refractivity contribution in [1.82, 2.24) is 0 Å². The molecule has 3 aliphatic rings. The number of hydrogen-bond acceptors (Lipinski definition) is 3. The van der Waals surface area contributed by atoms with Crippen LogP contribution in [-0.4, -0.2) is 39.8 Å². The third-order valence-corrected chi connectivity index (χ3v) is 6.16. The maximum absolute atomic E-state index is 9.96. The molecular weight excluding hydrogens is 310 g/mol. The molecule has 4 heterocycles. The predicted octanol–water partition coefficient (Wildman–Crippen LogP) is 0.924. The number of nitrogens with one attached hydrogen (secondary N) is 2. The first-order valence-corrected chi connectivity index (χ1v) is 10.1. The number of quaternary nitrogens is 1. The number of piperidine rings is 2. The number of aromatic amines is 1. The van der Waals surface area contributed by atoms with Gasteiger partial charge in [0.05, 0.1) is 45.3 Å². The topological polar surface area (TPSA) is 48.9 Å². The van der Waals surface area contributed by atoms with Crippen LogP contribution in [0.5, 0.6) is 0 Å². The summed E-state index contributed by atoms with van der Waals surface area (Å²) in [5.41, 5.74) is 3.65. The van der Waals surface area contributed by atoms with E-state index in [-0.39, 0.29) is 0 Å². The standard InChI is InChI=1S/C20H29N5/c1-23-13-8-16-17(14-21)19(24-9-4-2-5-10-24)22-20(18(16)15-23)25-11-6-3-7-12-25/h2-13,15H2,1H3/p+2. The molecule has 0 saturated carbocycles. The van der Waals surface area contributed by atoms with Crippen molar-refractivity contribution in [2.75, 3.05) is 49.6 Å². The summed E-state index contributed by atoms with van der Waals surface area (Å²) in [6.07, 6.45) is 8.73. The molecule has 1 atom stereocenters. The Kier molecular flexibility index (Phi) is 4.80. The van der Waals surface area contributed by atoms with E-state index < -0.39 is 0 Å². The Morgan fingerprint density at radius 1 is 0.880 bits per heavy atom. The van der Waals surface area contributed by atoms with Crippen molar-refractivity contribution in [3.05, 3.63) is 16.7 Å². The number of H-pyrrole nitrogens is 1. The van der Waals surface area contributed by atoms with Gasteiger partial charge in [-0.1, -0.05) is 0 Å². The maximum Gasteiger partial charge on any atom is 0.240 e. The minimum absolute atomic E-state index is 0.921. The van der Waals surface area contributed by atoms with Crippen LogP contribution in [0, 0.1) is 11.3 Å². The lowest BCUT2D eigenvalue weighted by Crippen LogP contribution is -3.08. The number of rotatable bonds is 2. The summed E-state index contributed by atoms with van der Waals surface area (Å²) in [5, 5.41) is 9.96. The van der Waals surface area contributed by atoms with Gasteiger partial charge in [0.2, 0.25) is 11.6 Å². The van der Waals surface area contributed by atoms with Crippen molar-refractivity contribution < 1.29 is 9.88 Å². The molecule has 0 spiro atoms. The van der Waals surface area contributed by atoms with E-state index in [0.717, 1.165) is 57.1 Å². The first-order chi connectivity index (χ1) is 12.3. The highest BCUT2D eigenvalue weighted by Gasteiger charge is 2.34. The Balaban J connectivity index is 1.82. The highest BCUT2D eigenvalue weighted by molar-refractivity contribution is 5.62. The Labute approximate surface area is 151 Å². The summed E-state index contributed by atoms with van der Waals surface area (Å²) in [7, 11) is 2.27. The second-order valence-corrected chi connectivity index (χ2v) is 8.00. The molecule has 1 aromatic heterocycles. The number of anilines is 2. The zero-order valence-corrected chi connectivity index (χ0v) is 15.5. The van der Waals surface area contributed by atoms with Gasteiger partial charge in [-0.25, -0.2) is 4.98 Å². The van der Waals surface area contributed by atoms with Gasteiger partial charge in [-0.05, 0) is 44.1 Å². The van der Waals surface area contributed by atoms with Gasteiger partial charge in [0.1, 0.15) is 18.2 Å². The average molecular weight is 342 g/mol. The van der Waals surface area contributed by atoms with Crippen LogP contribution >= 0.6 is 0 Å². The fourth-order valence-corrected chi connectivity index (χ4v) is 4.74. The van der Waals surface area contributed by atoms with Crippen LogP contribution in [0.2, 0.25) is 0 Å². The van der Waals surface area contributed by atoms with Gasteiger partial charge < -0.3 is 4.90 Å². The lowest BCUT2D eigenvalue weighted by Gasteiger charge is -2.32. The second kappa shape index (κ2) is 7.21. The van der Waals surface area contributed by atoms with Crippen molar-refractivity contribution in [2.24, 2.45) is 0 Å². The first kappa shape index (κ1) is 16.7. The minimum atomic E-state index is 0.921. The van der Waals surface area contributed by atoms with Crippen LogP contribution < -0.4 is 19.7 Å². The molecule has 5 nitrogen and oxygen atoms in total. The molecule has 134 valence electrons. The van der Waals surface area contributed by atoms with Gasteiger partial charge in [0.15, 0.2) is 0 Å². The van der Waals surface area contributed by atoms with Gasteiger partial charge in [-0.3, -0.25) is 9.80 Å². The molecule has 0 radical (unpaired) electrons. The zero-order valence-electron chi connectivity index (χ0n) is 15.5. The van der Waals surface area contributed by atoms with Gasteiger partial charge in [-0.2, -0.15) is 5.26 Å². The molecule has 0 bridgehead atoms. The van der Waals surface area contributed by atoms with Crippen LogP contribution in [0.25, 0.3) is 0 Å². The third-order valence-electron chi connectivity index (χ3n) is 6.16. The van der Waals surface area contributed by atoms with E-state index in [1.54, 1.807) is 4.90 Å². The number of aromatic nitrogens is 1. The van der Waals surface area contributed by atoms with Crippen molar-refractivity contribution in [3.63, 3.8) is 0 Å². The van der Waals surface area contributed by atoms with Crippen LogP contribution in [0.1, 0.15) is 55.2 Å². The van der Waals surface area contributed by atoms with Crippen LogP contribution in [0.3, 0.4) is 0 Å². The molecule has 25 heavy (non-hydrogen) atoms. The van der Waals surface area contributed by atoms with Crippen molar-refractivity contribution >= 4 is 11.6 Å². The summed E-state index contributed by atoms with van der Waals surface area (Å²) in [5.74, 6) is 2.41. The molecule has 4 rings (SSSR count). The van der Waals surface area contributed by atoms with E-state index in [1.807, 2.05) is 0 Å². The molecule has 0 amide bonds. The number of hydrogen-bond donors (Lipinski definition) is 1. The number of pyridine rings is 1. The molecule has 3 aliphatic heterocycles. The molecule has 0 aliphatic carbocycles. The molecule has 5 heteroatoms. The fraction of sp³-hybridized carbons (Fsp3) is 0.700. The van der Waals surface area contributed by atoms with Crippen molar-refractivity contribution in [3.8, 4) is 6.07 Å². The monoisotopic (exact) mass is 341 g/mol. The molecule has 2 fully saturated rings. The van der Waals surface area contributed by atoms with Crippen molar-refractivity contribution in [2.45, 2.75) is 51.5 Å². The van der Waals surface area contributed by atoms with Crippen LogP contribution in [0.15, 0.2) is 0 Å². The molecule has 2 N–H and O–H groups in total. The average Bonchev–Trinajstić information content (AvgIpc) is 2.68. The van der Waals surface area contributed by atoms with E-state index in [2.05, 4.69) is 27.9 Å². The maximum atomic E-state index is 9.96. The Hall–Kier alpha value is -1.80. The Morgan fingerprint density at radius 2 is 1.48 bits per heavy atom. The summed E-state index contributed by atoms with van der Waals surface area (Å²) in [4.78, 5) is 10.3. The zero-order chi connectivity index (χ0) is 17.2. The van der Waals surface area contributed by atoms with Crippen LogP contribution in [0.4, 0.5) is 11.6 Å². The van der Waals surface area contributed by atoms with E-state index in [1.165, 1.54) is 55.5 Å². The lowest BCUT2D eigenvalue weighted by molar-refractivity contribution is -0.895. The predicted molar refractivity (Wildman–Crippen MR) is 99.0 cm³/mol. The van der Waals surface area contributed by atoms with Crippen molar-refractivity contribution in [1.29, 1.82) is 5.26 Å². The van der Waals surface area contributed by atoms with E-state index >= 15 is 0 Å². The van der Waals surface area contributed by atoms with E-state index in [4.69, 9.17) is 0 Å². The minimum Gasteiger partial charge on any atom is -0.333 e. The summed E-state index contributed by atoms with van der Waals surface area (Å²) in [6, 6.07) is 2.57. The summed E-state index contributed by atoms with van der Waals surface area (Å²) >= 11 is 0. The normalized spacial score (nSPS) is 23.9. The quantitative estimate of drug-likeness (QED) is 0.870. The van der Waals surface area contributed by atoms with E-state index in [9.17, 15) is 5.26 Å². The Morgan fingerprint density at radius 3 is 2.08 bits per heavy atom. The first-order valence-electron chi connectivity index (χ1n) is 10.1. The van der Waals surface area contributed by atoms with Gasteiger partial charge in [-0.15, -0.1) is 0 Å². The SMILES string of the molecule is C[NH+]1CCc2c(C#N)c(N3CCCCC3)[nH+]c(N3CCCCC3)c2C1. The fourth-order valence-electron chi connectivity index (χ4n) is 4.74. The molecule has 1 aromatic rings. The second-order valence-electron chi connectivity index (χ2n) is 8.00. The number of fused-ring (bicyclic) bond motifs is 1. The lowest BCUT2D eigenvalue weighted by atomic mass is 9.94. The molecular formula is C20H31N5+2. The van der Waals surface area contributed by atoms with Crippen LogP contribution in [-0.2, 0) is 13.0 Å². The molecule has 1 unspecified atom stereocenters. The van der Waals surface area contributed by atoms with Gasteiger partial charge in [0.25, 0.3) is 0 Å². The number of nitrogens with zero attached hydrogens (tertiary/aromatic N) is 3. The van der Waals surface area contributed by atoms with Gasteiger partial charge >= 0.3 is 0 Å². The summed E-state index contributed by atoms with van der Waals surface area (Å²) in [6.45, 7) is 6.61. The molecule has 2 saturated heterocycles. The third kappa shape index (κ3) is 3.20. The number of likely N-dealkylation sites (N-methyl/N-ethyl adjacent to an activating group) is 1. The molecule has 0 aromatic carbocycles. The number of nitriles is 1.